The molecule has 5 rings (SSSR count). The van der Waals surface area contributed by atoms with Gasteiger partial charge in [-0.05, 0) is 55.6 Å². The molecule has 0 unspecified atom stereocenters. The number of anilines is 2. The Labute approximate surface area is 155 Å². The fourth-order valence-corrected chi connectivity index (χ4v) is 3.48. The fourth-order valence-electron chi connectivity index (χ4n) is 3.48. The van der Waals surface area contributed by atoms with Crippen LogP contribution in [0.4, 0.5) is 11.5 Å². The minimum atomic E-state index is 0.722. The van der Waals surface area contributed by atoms with Crippen LogP contribution in [0.1, 0.15) is 11.4 Å². The van der Waals surface area contributed by atoms with Crippen LogP contribution in [0.5, 0.6) is 0 Å². The van der Waals surface area contributed by atoms with Crippen LogP contribution in [0.25, 0.3) is 27.5 Å². The molecule has 0 aliphatic rings. The van der Waals surface area contributed by atoms with E-state index in [1.807, 2.05) is 23.7 Å². The third-order valence-electron chi connectivity index (χ3n) is 4.68. The van der Waals surface area contributed by atoms with Crippen LogP contribution in [0.3, 0.4) is 0 Å². The molecule has 3 aromatic heterocycles. The van der Waals surface area contributed by atoms with E-state index in [2.05, 4.69) is 75.0 Å². The lowest BCUT2D eigenvalue weighted by Crippen LogP contribution is -2.00. The van der Waals surface area contributed by atoms with Crippen molar-refractivity contribution < 1.29 is 0 Å². The van der Waals surface area contributed by atoms with Gasteiger partial charge in [-0.2, -0.15) is 10.2 Å². The van der Waals surface area contributed by atoms with E-state index in [-0.39, 0.29) is 0 Å². The Morgan fingerprint density at radius 1 is 1.00 bits per heavy atom. The number of rotatable bonds is 3. The summed E-state index contributed by atoms with van der Waals surface area (Å²) in [6.45, 7) is 4.09. The Hall–Kier alpha value is -3.67. The van der Waals surface area contributed by atoms with Gasteiger partial charge in [-0.25, -0.2) is 4.68 Å². The van der Waals surface area contributed by atoms with Crippen LogP contribution >= 0.6 is 0 Å². The number of hydrogen-bond acceptors (Lipinski definition) is 4. The predicted octanol–water partition coefficient (Wildman–Crippen LogP) is 4.66. The largest absolute Gasteiger partial charge is 0.337 e. The zero-order chi connectivity index (χ0) is 18.4. The molecule has 5 aromatic rings. The molecule has 0 aliphatic carbocycles. The molecule has 0 radical (unpaired) electrons. The minimum absolute atomic E-state index is 0.722. The topological polar surface area (TPSA) is 71.4 Å². The van der Waals surface area contributed by atoms with E-state index in [0.29, 0.717) is 0 Å². The zero-order valence-corrected chi connectivity index (χ0v) is 15.1. The first-order valence-electron chi connectivity index (χ1n) is 8.81. The van der Waals surface area contributed by atoms with E-state index in [1.54, 1.807) is 6.20 Å². The first kappa shape index (κ1) is 15.6. The summed E-state index contributed by atoms with van der Waals surface area (Å²) in [4.78, 5) is 4.40. The molecule has 2 aromatic carbocycles. The first-order chi connectivity index (χ1) is 13.2. The van der Waals surface area contributed by atoms with E-state index in [4.69, 9.17) is 0 Å². The van der Waals surface area contributed by atoms with Gasteiger partial charge in [0.25, 0.3) is 0 Å². The molecule has 2 N–H and O–H groups in total. The Morgan fingerprint density at radius 2 is 1.93 bits per heavy atom. The monoisotopic (exact) mass is 354 g/mol. The number of fused-ring (bicyclic) bond motifs is 2. The van der Waals surface area contributed by atoms with Crippen molar-refractivity contribution in [1.29, 1.82) is 0 Å². The summed E-state index contributed by atoms with van der Waals surface area (Å²) in [6, 6.07) is 18.5. The molecule has 6 nitrogen and oxygen atoms in total. The number of nitrogens with one attached hydrogen (secondary N) is 2. The van der Waals surface area contributed by atoms with Crippen LogP contribution in [0, 0.1) is 13.8 Å². The van der Waals surface area contributed by atoms with Crippen molar-refractivity contribution in [3.8, 4) is 5.69 Å². The third-order valence-corrected chi connectivity index (χ3v) is 4.68. The van der Waals surface area contributed by atoms with Crippen molar-refractivity contribution >= 4 is 33.3 Å². The van der Waals surface area contributed by atoms with Crippen molar-refractivity contribution in [1.82, 2.24) is 25.0 Å². The maximum Gasteiger partial charge on any atom is 0.178 e. The number of aryl methyl sites for hydroxylation is 2. The van der Waals surface area contributed by atoms with Crippen molar-refractivity contribution in [2.75, 3.05) is 5.32 Å². The summed E-state index contributed by atoms with van der Waals surface area (Å²) in [7, 11) is 0. The number of aromatic nitrogens is 5. The van der Waals surface area contributed by atoms with Crippen LogP contribution < -0.4 is 5.32 Å². The molecular formula is C21H18N6. The van der Waals surface area contributed by atoms with Gasteiger partial charge in [0.2, 0.25) is 0 Å². The van der Waals surface area contributed by atoms with E-state index >= 15 is 0 Å². The fraction of sp³-hybridized carbons (Fsp3) is 0.0952. The molecule has 0 atom stereocenters. The summed E-state index contributed by atoms with van der Waals surface area (Å²) in [5.74, 6) is 0.722. The van der Waals surface area contributed by atoms with Gasteiger partial charge in [0.1, 0.15) is 5.52 Å². The third kappa shape index (κ3) is 2.62. The highest BCUT2D eigenvalue weighted by Crippen LogP contribution is 2.28. The number of pyridine rings is 1. The van der Waals surface area contributed by atoms with Crippen molar-refractivity contribution in [3.63, 3.8) is 0 Å². The van der Waals surface area contributed by atoms with Crippen LogP contribution in [-0.2, 0) is 0 Å². The Morgan fingerprint density at radius 3 is 2.78 bits per heavy atom. The molecule has 0 bridgehead atoms. The van der Waals surface area contributed by atoms with Crippen LogP contribution in [-0.4, -0.2) is 25.0 Å². The molecule has 0 amide bonds. The first-order valence-corrected chi connectivity index (χ1v) is 8.81. The van der Waals surface area contributed by atoms with Gasteiger partial charge in [-0.3, -0.25) is 10.1 Å². The van der Waals surface area contributed by atoms with E-state index in [9.17, 15) is 0 Å². The summed E-state index contributed by atoms with van der Waals surface area (Å²) in [6.07, 6.45) is 1.77. The van der Waals surface area contributed by atoms with Gasteiger partial charge in [-0.15, -0.1) is 0 Å². The van der Waals surface area contributed by atoms with Crippen molar-refractivity contribution in [3.05, 3.63) is 72.2 Å². The van der Waals surface area contributed by atoms with Gasteiger partial charge in [-0.1, -0.05) is 18.2 Å². The molecular weight excluding hydrogens is 336 g/mol. The molecule has 3 heterocycles. The lowest BCUT2D eigenvalue weighted by molar-refractivity contribution is 0.840. The average molecular weight is 354 g/mol. The number of benzene rings is 2. The normalized spacial score (nSPS) is 11.3. The summed E-state index contributed by atoms with van der Waals surface area (Å²) in [5.41, 5.74) is 5.92. The highest BCUT2D eigenvalue weighted by molar-refractivity contribution is 5.94. The van der Waals surface area contributed by atoms with Crippen LogP contribution in [0.15, 0.2) is 60.8 Å². The molecule has 6 heteroatoms. The molecule has 132 valence electrons. The standard InChI is InChI=1S/C21H18N6/c1-13-11-14(2)27(26-13)19-7-3-5-15-12-16(8-9-17(15)19)23-21-20-18(24-25-21)6-4-10-22-20/h3-12H,1-2H3,(H2,23,24,25). The smallest absolute Gasteiger partial charge is 0.178 e. The summed E-state index contributed by atoms with van der Waals surface area (Å²) < 4.78 is 2.00. The molecule has 0 saturated carbocycles. The maximum absolute atomic E-state index is 4.63. The van der Waals surface area contributed by atoms with Gasteiger partial charge in [0, 0.05) is 23.0 Å². The highest BCUT2D eigenvalue weighted by Gasteiger charge is 2.10. The summed E-state index contributed by atoms with van der Waals surface area (Å²) >= 11 is 0. The number of nitrogens with zero attached hydrogens (tertiary/aromatic N) is 4. The number of hydrogen-bond donors (Lipinski definition) is 2. The van der Waals surface area contributed by atoms with Crippen molar-refractivity contribution in [2.45, 2.75) is 13.8 Å². The second-order valence-electron chi connectivity index (χ2n) is 6.65. The van der Waals surface area contributed by atoms with Gasteiger partial charge >= 0.3 is 0 Å². The van der Waals surface area contributed by atoms with Gasteiger partial charge in [0.15, 0.2) is 5.82 Å². The second-order valence-corrected chi connectivity index (χ2v) is 6.65. The average Bonchev–Trinajstić information content (AvgIpc) is 3.24. The number of aromatic amines is 1. The van der Waals surface area contributed by atoms with Gasteiger partial charge in [0.05, 0.1) is 16.9 Å². The maximum atomic E-state index is 4.63. The number of H-pyrrole nitrogens is 1. The van der Waals surface area contributed by atoms with Gasteiger partial charge < -0.3 is 5.32 Å². The molecule has 0 saturated heterocycles. The van der Waals surface area contributed by atoms with Crippen molar-refractivity contribution in [2.24, 2.45) is 0 Å². The molecule has 0 spiro atoms. The quantitative estimate of drug-likeness (QED) is 0.494. The second kappa shape index (κ2) is 5.95. The SMILES string of the molecule is Cc1cc(C)n(-c2cccc3cc(Nc4n[nH]c5cccnc45)ccc23)n1. The van der Waals surface area contributed by atoms with E-state index in [0.717, 1.165) is 50.4 Å². The molecule has 0 aliphatic heterocycles. The molecule has 0 fully saturated rings. The van der Waals surface area contributed by atoms with Crippen LogP contribution in [0.2, 0.25) is 0 Å². The highest BCUT2D eigenvalue weighted by atomic mass is 15.3. The Bertz CT molecular complexity index is 1280. The van der Waals surface area contributed by atoms with E-state index in [1.165, 1.54) is 0 Å². The Balaban J connectivity index is 1.57. The zero-order valence-electron chi connectivity index (χ0n) is 15.1. The minimum Gasteiger partial charge on any atom is -0.337 e. The Kier molecular flexibility index (Phi) is 3.43. The lowest BCUT2D eigenvalue weighted by atomic mass is 10.1. The summed E-state index contributed by atoms with van der Waals surface area (Å²) in [5, 5.41) is 17.6. The van der Waals surface area contributed by atoms with E-state index < -0.39 is 0 Å². The predicted molar refractivity (Wildman–Crippen MR) is 108 cm³/mol. The molecule has 27 heavy (non-hydrogen) atoms. The lowest BCUT2D eigenvalue weighted by Gasteiger charge is -2.10.